The van der Waals surface area contributed by atoms with Gasteiger partial charge in [-0.05, 0) is 23.2 Å². The van der Waals surface area contributed by atoms with Crippen LogP contribution in [0.3, 0.4) is 0 Å². The Morgan fingerprint density at radius 2 is 1.17 bits per heavy atom. The molecule has 1 atom stereocenters. The van der Waals surface area contributed by atoms with Crippen LogP contribution in [0.15, 0.2) is 0 Å². The summed E-state index contributed by atoms with van der Waals surface area (Å²) >= 11 is 23.1. The first-order chi connectivity index (χ1) is 4.96. The van der Waals surface area contributed by atoms with Gasteiger partial charge in [0.1, 0.15) is 0 Å². The summed E-state index contributed by atoms with van der Waals surface area (Å²) in [5.74, 6) is 0. The van der Waals surface area contributed by atoms with Crippen molar-refractivity contribution in [3.8, 4) is 0 Å². The third-order valence-corrected chi connectivity index (χ3v) is 1.46. The maximum atomic E-state index is 12.5. The molecule has 1 unspecified atom stereocenters. The Morgan fingerprint density at radius 1 is 0.833 bits per heavy atom. The van der Waals surface area contributed by atoms with E-state index in [4.69, 9.17) is 34.8 Å². The summed E-state index contributed by atoms with van der Waals surface area (Å²) in [6, 6.07) is 0. The monoisotopic (exact) mass is 284 g/mol. The third-order valence-electron chi connectivity index (χ3n) is 0.574. The zero-order chi connectivity index (χ0) is 10.2. The van der Waals surface area contributed by atoms with Gasteiger partial charge in [-0.2, -0.15) is 13.2 Å². The Kier molecular flexibility index (Phi) is 4.13. The molecule has 0 aliphatic rings. The van der Waals surface area contributed by atoms with Gasteiger partial charge in [-0.25, -0.2) is 0 Å². The van der Waals surface area contributed by atoms with Gasteiger partial charge in [0.15, 0.2) is 0 Å². The van der Waals surface area contributed by atoms with E-state index < -0.39 is 14.7 Å². The fourth-order valence-corrected chi connectivity index (χ4v) is 0.795. The van der Waals surface area contributed by atoms with E-state index >= 15 is 0 Å². The molecule has 9 heteroatoms. The second kappa shape index (κ2) is 3.75. The molecule has 0 fully saturated rings. The van der Waals surface area contributed by atoms with Crippen molar-refractivity contribution in [1.29, 1.82) is 0 Å². The zero-order valence-corrected chi connectivity index (χ0v) is 8.71. The lowest BCUT2D eigenvalue weighted by molar-refractivity contribution is -0.188. The number of hydrogen-bond donors (Lipinski definition) is 0. The molecule has 0 heterocycles. The number of halogens is 8. The lowest BCUT2D eigenvalue weighted by Crippen LogP contribution is -2.40. The normalized spacial score (nSPS) is 19.0. The Bertz CT molecular complexity index is 160. The second-order valence-corrected chi connectivity index (χ2v) is 4.70. The highest BCUT2D eigenvalue weighted by Crippen LogP contribution is 2.46. The van der Waals surface area contributed by atoms with Crippen LogP contribution in [0.4, 0.5) is 13.2 Å². The van der Waals surface area contributed by atoms with Crippen molar-refractivity contribution >= 4 is 58.0 Å². The quantitative estimate of drug-likeness (QED) is 0.697. The summed E-state index contributed by atoms with van der Waals surface area (Å²) in [4.78, 5) is 0. The van der Waals surface area contributed by atoms with Crippen molar-refractivity contribution in [3.05, 3.63) is 0 Å². The molecule has 0 amide bonds. The Labute approximate surface area is 90.6 Å². The van der Waals surface area contributed by atoms with E-state index in [0.717, 1.165) is 0 Å². The van der Waals surface area contributed by atoms with E-state index in [2.05, 4.69) is 27.9 Å². The maximum absolute atomic E-state index is 12.5. The molecular formula is C3Cl5F3O. The number of ether oxygens (including phenoxy) is 1. The van der Waals surface area contributed by atoms with Gasteiger partial charge in [-0.15, -0.1) is 0 Å². The van der Waals surface area contributed by atoms with Crippen molar-refractivity contribution in [2.75, 3.05) is 0 Å². The molecule has 0 aromatic heterocycles. The van der Waals surface area contributed by atoms with Gasteiger partial charge in [-0.1, -0.05) is 34.8 Å². The van der Waals surface area contributed by atoms with Crippen molar-refractivity contribution < 1.29 is 17.9 Å². The molecule has 0 spiro atoms. The van der Waals surface area contributed by atoms with Crippen LogP contribution in [-0.2, 0) is 4.74 Å². The Balaban J connectivity index is 4.44. The minimum Gasteiger partial charge on any atom is -0.278 e. The van der Waals surface area contributed by atoms with E-state index in [-0.39, 0.29) is 0 Å². The first kappa shape index (κ1) is 13.2. The van der Waals surface area contributed by atoms with Crippen molar-refractivity contribution in [2.24, 2.45) is 0 Å². The summed E-state index contributed by atoms with van der Waals surface area (Å²) in [5, 5.41) is -8.57. The fraction of sp³-hybridized carbons (Fsp3) is 1.00. The van der Waals surface area contributed by atoms with Gasteiger partial charge in [0.2, 0.25) is 0 Å². The van der Waals surface area contributed by atoms with Crippen LogP contribution in [0.25, 0.3) is 0 Å². The summed E-state index contributed by atoms with van der Waals surface area (Å²) < 4.78 is 37.3. The largest absolute Gasteiger partial charge is 0.394 e. The SMILES string of the molecule is FC(F)(Cl)C(F)(Cl)OC(Cl)(Cl)Cl. The second-order valence-electron chi connectivity index (χ2n) is 1.56. The predicted octanol–water partition coefficient (Wildman–Crippen LogP) is 4.02. The van der Waals surface area contributed by atoms with Crippen LogP contribution >= 0.6 is 58.0 Å². The van der Waals surface area contributed by atoms with E-state index in [9.17, 15) is 13.2 Å². The molecule has 0 aliphatic carbocycles. The van der Waals surface area contributed by atoms with E-state index in [1.165, 1.54) is 0 Å². The van der Waals surface area contributed by atoms with Gasteiger partial charge in [-0.3, -0.25) is 4.74 Å². The summed E-state index contributed by atoms with van der Waals surface area (Å²) in [7, 11) is 0. The van der Waals surface area contributed by atoms with Gasteiger partial charge < -0.3 is 0 Å². The molecule has 12 heavy (non-hydrogen) atoms. The molecule has 0 saturated carbocycles. The molecule has 0 aromatic rings. The highest BCUT2D eigenvalue weighted by Gasteiger charge is 2.57. The van der Waals surface area contributed by atoms with Crippen LogP contribution in [0.2, 0.25) is 0 Å². The third kappa shape index (κ3) is 4.44. The molecule has 74 valence electrons. The molecule has 0 rings (SSSR count). The Hall–Kier alpha value is 1.20. The van der Waals surface area contributed by atoms with Gasteiger partial charge in [0.25, 0.3) is 0 Å². The molecule has 0 bridgehead atoms. The van der Waals surface area contributed by atoms with E-state index in [1.807, 2.05) is 0 Å². The summed E-state index contributed by atoms with van der Waals surface area (Å²) in [5.41, 5.74) is 0. The van der Waals surface area contributed by atoms with Crippen molar-refractivity contribution in [2.45, 2.75) is 14.7 Å². The van der Waals surface area contributed by atoms with Crippen molar-refractivity contribution in [3.63, 3.8) is 0 Å². The lowest BCUT2D eigenvalue weighted by atomic mass is 10.7. The van der Waals surface area contributed by atoms with Crippen LogP contribution in [0.1, 0.15) is 0 Å². The summed E-state index contributed by atoms with van der Waals surface area (Å²) in [6.45, 7) is 0. The molecule has 0 N–H and O–H groups in total. The maximum Gasteiger partial charge on any atom is 0.394 e. The average molecular weight is 286 g/mol. The van der Waals surface area contributed by atoms with Crippen LogP contribution in [0, 0.1) is 0 Å². The smallest absolute Gasteiger partial charge is 0.278 e. The number of rotatable bonds is 2. The van der Waals surface area contributed by atoms with Gasteiger partial charge in [0, 0.05) is 0 Å². The first-order valence-electron chi connectivity index (χ1n) is 2.17. The summed E-state index contributed by atoms with van der Waals surface area (Å²) in [6.07, 6.45) is 0. The molecule has 0 aromatic carbocycles. The number of alkyl halides is 8. The molecule has 0 saturated heterocycles. The van der Waals surface area contributed by atoms with Gasteiger partial charge >= 0.3 is 14.7 Å². The minimum absolute atomic E-state index is 2.71. The topological polar surface area (TPSA) is 9.23 Å². The van der Waals surface area contributed by atoms with Gasteiger partial charge in [0.05, 0.1) is 0 Å². The lowest BCUT2D eigenvalue weighted by Gasteiger charge is -2.25. The average Bonchev–Trinajstić information content (AvgIpc) is 1.52. The fourth-order valence-electron chi connectivity index (χ4n) is 0.203. The standard InChI is InChI=1S/C3Cl5F3O/c4-1(9,10)2(5,11)12-3(6,7)8. The molecular weight excluding hydrogens is 286 g/mol. The van der Waals surface area contributed by atoms with E-state index in [1.54, 1.807) is 0 Å². The minimum atomic E-state index is -4.50. The van der Waals surface area contributed by atoms with E-state index in [0.29, 0.717) is 0 Å². The highest BCUT2D eigenvalue weighted by molar-refractivity contribution is 6.66. The number of hydrogen-bond acceptors (Lipinski definition) is 1. The molecule has 1 nitrogen and oxygen atoms in total. The first-order valence-corrected chi connectivity index (χ1v) is 4.06. The predicted molar refractivity (Wildman–Crippen MR) is 41.9 cm³/mol. The Morgan fingerprint density at radius 3 is 1.25 bits per heavy atom. The molecule has 0 aliphatic heterocycles. The van der Waals surface area contributed by atoms with Crippen LogP contribution in [0.5, 0.6) is 0 Å². The van der Waals surface area contributed by atoms with Crippen LogP contribution in [-0.4, -0.2) is 14.7 Å². The van der Waals surface area contributed by atoms with Crippen LogP contribution < -0.4 is 0 Å². The van der Waals surface area contributed by atoms with Crippen molar-refractivity contribution in [1.82, 2.24) is 0 Å². The zero-order valence-electron chi connectivity index (χ0n) is 4.93. The molecule has 0 radical (unpaired) electrons. The highest BCUT2D eigenvalue weighted by atomic mass is 35.6.